The third kappa shape index (κ3) is 1.86. The molecule has 0 aromatic heterocycles. The van der Waals surface area contributed by atoms with E-state index in [4.69, 9.17) is 11.0 Å². The summed E-state index contributed by atoms with van der Waals surface area (Å²) in [6, 6.07) is 4.79. The predicted octanol–water partition coefficient (Wildman–Crippen LogP) is 1.69. The Bertz CT molecular complexity index is 424. The fourth-order valence-electron chi connectivity index (χ4n) is 0.961. The molecule has 0 heterocycles. The number of nitriles is 1. The Morgan fingerprint density at radius 2 is 2.29 bits per heavy atom. The first-order valence-electron chi connectivity index (χ1n) is 3.67. The number of carbonyl (C=O) groups is 1. The van der Waals surface area contributed by atoms with Crippen molar-refractivity contribution in [3.8, 4) is 6.07 Å². The van der Waals surface area contributed by atoms with Crippen LogP contribution in [0.25, 0.3) is 0 Å². The first-order valence-corrected chi connectivity index (χ1v) is 4.47. The molecule has 1 aromatic carbocycles. The zero-order valence-electron chi connectivity index (χ0n) is 7.37. The van der Waals surface area contributed by atoms with E-state index in [9.17, 15) is 4.79 Å². The van der Waals surface area contributed by atoms with E-state index in [1.54, 1.807) is 0 Å². The monoisotopic (exact) mass is 254 g/mol. The zero-order valence-corrected chi connectivity index (χ0v) is 8.96. The molecule has 72 valence electrons. The van der Waals surface area contributed by atoms with Gasteiger partial charge in [0.05, 0.1) is 18.2 Å². The lowest BCUT2D eigenvalue weighted by Gasteiger charge is -2.04. The number of esters is 1. The molecule has 0 saturated heterocycles. The average Bonchev–Trinajstić information content (AvgIpc) is 2.20. The van der Waals surface area contributed by atoms with Crippen molar-refractivity contribution in [2.45, 2.75) is 0 Å². The van der Waals surface area contributed by atoms with Crippen molar-refractivity contribution in [3.63, 3.8) is 0 Å². The van der Waals surface area contributed by atoms with Gasteiger partial charge in [0.1, 0.15) is 6.07 Å². The fraction of sp³-hybridized carbons (Fsp3) is 0.111. The van der Waals surface area contributed by atoms with Gasteiger partial charge in [-0.2, -0.15) is 5.26 Å². The number of carbonyl (C=O) groups excluding carboxylic acids is 1. The molecular formula is C9H7BrN2O2. The maximum Gasteiger partial charge on any atom is 0.339 e. The molecule has 0 atom stereocenters. The van der Waals surface area contributed by atoms with Gasteiger partial charge in [0.25, 0.3) is 0 Å². The van der Waals surface area contributed by atoms with Crippen LogP contribution < -0.4 is 5.73 Å². The topological polar surface area (TPSA) is 76.1 Å². The number of ether oxygens (including phenoxy) is 1. The lowest BCUT2D eigenvalue weighted by atomic mass is 10.1. The summed E-state index contributed by atoms with van der Waals surface area (Å²) in [5.41, 5.74) is 6.38. The molecule has 0 aliphatic heterocycles. The Morgan fingerprint density at radius 1 is 1.64 bits per heavy atom. The van der Waals surface area contributed by atoms with Crippen LogP contribution in [0, 0.1) is 11.3 Å². The van der Waals surface area contributed by atoms with Gasteiger partial charge in [-0.1, -0.05) is 0 Å². The highest BCUT2D eigenvalue weighted by Crippen LogP contribution is 2.24. The minimum Gasteiger partial charge on any atom is -0.465 e. The summed E-state index contributed by atoms with van der Waals surface area (Å²) in [5, 5.41) is 8.76. The number of rotatable bonds is 1. The number of anilines is 1. The molecule has 14 heavy (non-hydrogen) atoms. The highest BCUT2D eigenvalue weighted by Gasteiger charge is 2.13. The Morgan fingerprint density at radius 3 is 2.79 bits per heavy atom. The van der Waals surface area contributed by atoms with Crippen molar-refractivity contribution in [2.75, 3.05) is 12.8 Å². The molecule has 0 unspecified atom stereocenters. The first kappa shape index (κ1) is 10.5. The van der Waals surface area contributed by atoms with Gasteiger partial charge in [-0.3, -0.25) is 0 Å². The van der Waals surface area contributed by atoms with Crippen molar-refractivity contribution >= 4 is 27.6 Å². The first-order chi connectivity index (χ1) is 6.60. The van der Waals surface area contributed by atoms with E-state index in [0.29, 0.717) is 10.2 Å². The number of halogens is 1. The summed E-state index contributed by atoms with van der Waals surface area (Å²) in [4.78, 5) is 11.2. The molecule has 1 rings (SSSR count). The largest absolute Gasteiger partial charge is 0.465 e. The van der Waals surface area contributed by atoms with Gasteiger partial charge in [0, 0.05) is 10.2 Å². The van der Waals surface area contributed by atoms with Crippen LogP contribution in [0.1, 0.15) is 15.9 Å². The maximum absolute atomic E-state index is 11.2. The van der Waals surface area contributed by atoms with Crippen LogP contribution in [0.3, 0.4) is 0 Å². The molecule has 0 saturated carbocycles. The van der Waals surface area contributed by atoms with Crippen molar-refractivity contribution in [2.24, 2.45) is 0 Å². The molecule has 0 amide bonds. The Hall–Kier alpha value is -1.54. The van der Waals surface area contributed by atoms with E-state index in [-0.39, 0.29) is 11.1 Å². The number of hydrogen-bond donors (Lipinski definition) is 1. The lowest BCUT2D eigenvalue weighted by Crippen LogP contribution is -2.05. The molecule has 0 aliphatic carbocycles. The number of methoxy groups -OCH3 is 1. The molecular weight excluding hydrogens is 248 g/mol. The molecule has 0 spiro atoms. The summed E-state index contributed by atoms with van der Waals surface area (Å²) in [5.74, 6) is -0.569. The van der Waals surface area contributed by atoms with E-state index < -0.39 is 5.97 Å². The molecule has 0 radical (unpaired) electrons. The summed E-state index contributed by atoms with van der Waals surface area (Å²) in [6.07, 6.45) is 0. The van der Waals surface area contributed by atoms with Crippen LogP contribution in [-0.4, -0.2) is 13.1 Å². The number of nitrogens with two attached hydrogens (primary N) is 1. The van der Waals surface area contributed by atoms with E-state index in [0.717, 1.165) is 0 Å². The standard InChI is InChI=1S/C9H7BrN2O2/c1-14-9(13)6-3-8(12)7(10)2-5(6)4-11/h2-3H,12H2,1H3. The summed E-state index contributed by atoms with van der Waals surface area (Å²) < 4.78 is 5.10. The molecule has 0 aliphatic rings. The van der Waals surface area contributed by atoms with E-state index in [1.807, 2.05) is 6.07 Å². The molecule has 5 heteroatoms. The molecule has 1 aromatic rings. The van der Waals surface area contributed by atoms with Crippen LogP contribution in [0.4, 0.5) is 5.69 Å². The third-order valence-electron chi connectivity index (χ3n) is 1.66. The van der Waals surface area contributed by atoms with Crippen LogP contribution in [0.15, 0.2) is 16.6 Å². The van der Waals surface area contributed by atoms with Gasteiger partial charge in [-0.25, -0.2) is 4.79 Å². The molecule has 0 bridgehead atoms. The summed E-state index contributed by atoms with van der Waals surface area (Å²) in [6.45, 7) is 0. The van der Waals surface area contributed by atoms with Crippen LogP contribution in [0.5, 0.6) is 0 Å². The highest BCUT2D eigenvalue weighted by molar-refractivity contribution is 9.10. The van der Waals surface area contributed by atoms with Crippen molar-refractivity contribution in [1.29, 1.82) is 5.26 Å². The second-order valence-corrected chi connectivity index (χ2v) is 3.38. The molecule has 4 nitrogen and oxygen atoms in total. The predicted molar refractivity (Wildman–Crippen MR) is 54.6 cm³/mol. The molecule has 2 N–H and O–H groups in total. The van der Waals surface area contributed by atoms with Crippen molar-refractivity contribution < 1.29 is 9.53 Å². The van der Waals surface area contributed by atoms with Gasteiger partial charge in [0.2, 0.25) is 0 Å². The Labute approximate surface area is 89.4 Å². The lowest BCUT2D eigenvalue weighted by molar-refractivity contribution is 0.0600. The Balaban J connectivity index is 3.36. The van der Waals surface area contributed by atoms with Crippen LogP contribution in [-0.2, 0) is 4.74 Å². The SMILES string of the molecule is COC(=O)c1cc(N)c(Br)cc1C#N. The second kappa shape index (κ2) is 4.11. The van der Waals surface area contributed by atoms with Gasteiger partial charge >= 0.3 is 5.97 Å². The normalized spacial score (nSPS) is 9.21. The van der Waals surface area contributed by atoms with Crippen molar-refractivity contribution in [3.05, 3.63) is 27.7 Å². The molecule has 0 fully saturated rings. The van der Waals surface area contributed by atoms with Crippen LogP contribution >= 0.6 is 15.9 Å². The van der Waals surface area contributed by atoms with Crippen LogP contribution in [0.2, 0.25) is 0 Å². The van der Waals surface area contributed by atoms with E-state index in [2.05, 4.69) is 20.7 Å². The van der Waals surface area contributed by atoms with Gasteiger partial charge in [0.15, 0.2) is 0 Å². The number of nitrogens with zero attached hydrogens (tertiary/aromatic N) is 1. The zero-order chi connectivity index (χ0) is 10.7. The number of benzene rings is 1. The smallest absolute Gasteiger partial charge is 0.339 e. The highest BCUT2D eigenvalue weighted by atomic mass is 79.9. The third-order valence-corrected chi connectivity index (χ3v) is 2.35. The number of nitrogen functional groups attached to an aromatic ring is 1. The van der Waals surface area contributed by atoms with Gasteiger partial charge in [-0.05, 0) is 28.1 Å². The minimum absolute atomic E-state index is 0.177. The summed E-state index contributed by atoms with van der Waals surface area (Å²) in [7, 11) is 1.25. The Kier molecular flexibility index (Phi) is 3.10. The fourth-order valence-corrected chi connectivity index (χ4v) is 1.30. The van der Waals surface area contributed by atoms with E-state index >= 15 is 0 Å². The van der Waals surface area contributed by atoms with E-state index in [1.165, 1.54) is 19.2 Å². The average molecular weight is 255 g/mol. The van der Waals surface area contributed by atoms with Crippen molar-refractivity contribution in [1.82, 2.24) is 0 Å². The summed E-state index contributed by atoms with van der Waals surface area (Å²) >= 11 is 3.16. The van der Waals surface area contributed by atoms with Gasteiger partial charge < -0.3 is 10.5 Å². The minimum atomic E-state index is -0.569. The number of hydrogen-bond acceptors (Lipinski definition) is 4. The maximum atomic E-state index is 11.2. The van der Waals surface area contributed by atoms with Gasteiger partial charge in [-0.15, -0.1) is 0 Å². The quantitative estimate of drug-likeness (QED) is 0.611. The second-order valence-electron chi connectivity index (χ2n) is 2.52.